The van der Waals surface area contributed by atoms with Crippen LogP contribution in [0.5, 0.6) is 0 Å². The third kappa shape index (κ3) is 2.13. The van der Waals surface area contributed by atoms with E-state index in [1.165, 1.54) is 11.7 Å². The first-order valence-electron chi connectivity index (χ1n) is 6.31. The van der Waals surface area contributed by atoms with Crippen molar-refractivity contribution in [2.45, 2.75) is 0 Å². The zero-order valence-corrected chi connectivity index (χ0v) is 11.6. The molecule has 2 aromatic heterocycles. The van der Waals surface area contributed by atoms with Gasteiger partial charge in [-0.2, -0.15) is 8.75 Å². The number of benzene rings is 2. The highest BCUT2D eigenvalue weighted by molar-refractivity contribution is 7.00. The molecule has 0 aliphatic carbocycles. The fraction of sp³-hybridized carbons (Fsp3) is 0. The van der Waals surface area contributed by atoms with Gasteiger partial charge in [0.1, 0.15) is 11.0 Å². The van der Waals surface area contributed by atoms with Gasteiger partial charge in [-0.25, -0.2) is 9.97 Å². The molecule has 4 rings (SSSR count). The van der Waals surface area contributed by atoms with Crippen LogP contribution in [0, 0.1) is 0 Å². The molecule has 0 amide bonds. The zero-order chi connectivity index (χ0) is 14.2. The van der Waals surface area contributed by atoms with E-state index in [-0.39, 0.29) is 0 Å². The predicted molar refractivity (Wildman–Crippen MR) is 84.6 cm³/mol. The lowest BCUT2D eigenvalue weighted by Crippen LogP contribution is -2.02. The molecule has 0 radical (unpaired) electrons. The Bertz CT molecular complexity index is 948. The van der Waals surface area contributed by atoms with Gasteiger partial charge in [-0.3, -0.25) is 0 Å². The lowest BCUT2D eigenvalue weighted by Gasteiger charge is -2.08. The Morgan fingerprint density at radius 2 is 1.62 bits per heavy atom. The summed E-state index contributed by atoms with van der Waals surface area (Å²) in [4.78, 5) is 8.86. The van der Waals surface area contributed by atoms with Gasteiger partial charge in [-0.15, -0.1) is 0 Å². The SMILES string of the molecule is Nc1nc2ccccc2nc1Nc1ccc2nsnc2c1. The first kappa shape index (κ1) is 12.0. The Labute approximate surface area is 124 Å². The van der Waals surface area contributed by atoms with E-state index in [1.807, 2.05) is 42.5 Å². The van der Waals surface area contributed by atoms with Crippen LogP contribution in [0.25, 0.3) is 22.1 Å². The van der Waals surface area contributed by atoms with E-state index in [0.29, 0.717) is 11.6 Å². The molecule has 0 saturated carbocycles. The van der Waals surface area contributed by atoms with Gasteiger partial charge in [-0.1, -0.05) is 12.1 Å². The molecule has 0 spiro atoms. The molecular weight excluding hydrogens is 284 g/mol. The van der Waals surface area contributed by atoms with Crippen LogP contribution in [0.2, 0.25) is 0 Å². The number of hydrogen-bond donors (Lipinski definition) is 2. The molecule has 0 bridgehead atoms. The van der Waals surface area contributed by atoms with E-state index >= 15 is 0 Å². The van der Waals surface area contributed by atoms with Gasteiger partial charge in [-0.05, 0) is 30.3 Å². The lowest BCUT2D eigenvalue weighted by molar-refractivity contribution is 1.29. The standard InChI is InChI=1S/C14H10N6S/c15-13-14(18-10-4-2-1-3-9(10)17-13)16-8-5-6-11-12(7-8)20-21-19-11/h1-7H,(H2,15,17)(H,16,18). The first-order valence-corrected chi connectivity index (χ1v) is 7.04. The van der Waals surface area contributed by atoms with Crippen molar-refractivity contribution in [3.8, 4) is 0 Å². The number of nitrogen functional groups attached to an aromatic ring is 1. The maximum Gasteiger partial charge on any atom is 0.174 e. The second-order valence-corrected chi connectivity index (χ2v) is 5.07. The van der Waals surface area contributed by atoms with Crippen LogP contribution in [-0.4, -0.2) is 18.7 Å². The third-order valence-corrected chi connectivity index (χ3v) is 3.67. The Morgan fingerprint density at radius 1 is 0.857 bits per heavy atom. The molecule has 3 N–H and O–H groups in total. The molecule has 0 aliphatic rings. The second-order valence-electron chi connectivity index (χ2n) is 4.54. The van der Waals surface area contributed by atoms with E-state index < -0.39 is 0 Å². The Morgan fingerprint density at radius 3 is 2.48 bits per heavy atom. The molecule has 0 unspecified atom stereocenters. The van der Waals surface area contributed by atoms with E-state index in [9.17, 15) is 0 Å². The molecule has 0 aliphatic heterocycles. The van der Waals surface area contributed by atoms with Crippen molar-refractivity contribution in [3.63, 3.8) is 0 Å². The van der Waals surface area contributed by atoms with Crippen LogP contribution in [0.15, 0.2) is 42.5 Å². The number of nitrogens with zero attached hydrogens (tertiary/aromatic N) is 4. The fourth-order valence-electron chi connectivity index (χ4n) is 2.10. The third-order valence-electron chi connectivity index (χ3n) is 3.11. The second kappa shape index (κ2) is 4.64. The van der Waals surface area contributed by atoms with Gasteiger partial charge in [0.15, 0.2) is 11.6 Å². The Kier molecular flexibility index (Phi) is 2.65. The average molecular weight is 294 g/mol. The van der Waals surface area contributed by atoms with Gasteiger partial charge < -0.3 is 11.1 Å². The summed E-state index contributed by atoms with van der Waals surface area (Å²) >= 11 is 1.19. The Hall–Kier alpha value is -2.80. The van der Waals surface area contributed by atoms with Gasteiger partial charge in [0.05, 0.1) is 22.8 Å². The molecule has 102 valence electrons. The van der Waals surface area contributed by atoms with Crippen LogP contribution in [0.4, 0.5) is 17.3 Å². The smallest absolute Gasteiger partial charge is 0.174 e. The minimum absolute atomic E-state index is 0.366. The van der Waals surface area contributed by atoms with Crippen molar-refractivity contribution >= 4 is 51.1 Å². The molecule has 4 aromatic rings. The fourth-order valence-corrected chi connectivity index (χ4v) is 2.62. The summed E-state index contributed by atoms with van der Waals surface area (Å²) in [5.74, 6) is 0.904. The minimum Gasteiger partial charge on any atom is -0.381 e. The monoisotopic (exact) mass is 294 g/mol. The van der Waals surface area contributed by atoms with Crippen molar-refractivity contribution in [2.75, 3.05) is 11.1 Å². The van der Waals surface area contributed by atoms with Crippen molar-refractivity contribution in [2.24, 2.45) is 0 Å². The number of nitrogens with two attached hydrogens (primary N) is 1. The van der Waals surface area contributed by atoms with E-state index in [1.54, 1.807) is 0 Å². The van der Waals surface area contributed by atoms with Crippen LogP contribution >= 0.6 is 11.7 Å². The highest BCUT2D eigenvalue weighted by Gasteiger charge is 2.07. The number of fused-ring (bicyclic) bond motifs is 2. The predicted octanol–water partition coefficient (Wildman–Crippen LogP) is 2.96. The van der Waals surface area contributed by atoms with Crippen molar-refractivity contribution in [1.29, 1.82) is 0 Å². The van der Waals surface area contributed by atoms with E-state index in [2.05, 4.69) is 24.0 Å². The highest BCUT2D eigenvalue weighted by Crippen LogP contribution is 2.24. The van der Waals surface area contributed by atoms with E-state index in [4.69, 9.17) is 5.73 Å². The van der Waals surface area contributed by atoms with Crippen LogP contribution < -0.4 is 11.1 Å². The average Bonchev–Trinajstić information content (AvgIpc) is 2.95. The number of rotatable bonds is 2. The summed E-state index contributed by atoms with van der Waals surface area (Å²) in [6, 6.07) is 13.4. The summed E-state index contributed by atoms with van der Waals surface area (Å²) in [6.07, 6.45) is 0. The van der Waals surface area contributed by atoms with E-state index in [0.717, 1.165) is 27.8 Å². The van der Waals surface area contributed by atoms with Crippen molar-refractivity contribution in [1.82, 2.24) is 18.7 Å². The number of para-hydroxylation sites is 2. The number of hydrogen-bond acceptors (Lipinski definition) is 7. The lowest BCUT2D eigenvalue weighted by atomic mass is 10.2. The molecule has 7 heteroatoms. The summed E-state index contributed by atoms with van der Waals surface area (Å²) in [6.45, 7) is 0. The maximum absolute atomic E-state index is 5.97. The van der Waals surface area contributed by atoms with Gasteiger partial charge >= 0.3 is 0 Å². The van der Waals surface area contributed by atoms with Gasteiger partial charge in [0, 0.05) is 5.69 Å². The topological polar surface area (TPSA) is 89.6 Å². The maximum atomic E-state index is 5.97. The molecular formula is C14H10N6S. The van der Waals surface area contributed by atoms with Crippen LogP contribution in [0.3, 0.4) is 0 Å². The number of anilines is 3. The molecule has 21 heavy (non-hydrogen) atoms. The summed E-state index contributed by atoms with van der Waals surface area (Å²) < 4.78 is 8.39. The number of aromatic nitrogens is 4. The summed E-state index contributed by atoms with van der Waals surface area (Å²) in [5.41, 5.74) is 10.1. The first-order chi connectivity index (χ1) is 10.3. The quantitative estimate of drug-likeness (QED) is 0.591. The Balaban J connectivity index is 1.77. The molecule has 0 saturated heterocycles. The number of nitrogens with one attached hydrogen (secondary N) is 1. The summed E-state index contributed by atoms with van der Waals surface area (Å²) in [7, 11) is 0. The molecule has 2 heterocycles. The zero-order valence-electron chi connectivity index (χ0n) is 10.8. The molecule has 2 aromatic carbocycles. The van der Waals surface area contributed by atoms with Gasteiger partial charge in [0.2, 0.25) is 0 Å². The molecule has 6 nitrogen and oxygen atoms in total. The van der Waals surface area contributed by atoms with Crippen LogP contribution in [-0.2, 0) is 0 Å². The van der Waals surface area contributed by atoms with Crippen molar-refractivity contribution in [3.05, 3.63) is 42.5 Å². The normalized spacial score (nSPS) is 11.0. The highest BCUT2D eigenvalue weighted by atomic mass is 32.1. The van der Waals surface area contributed by atoms with Crippen LogP contribution in [0.1, 0.15) is 0 Å². The largest absolute Gasteiger partial charge is 0.381 e. The molecule has 0 atom stereocenters. The minimum atomic E-state index is 0.366. The summed E-state index contributed by atoms with van der Waals surface area (Å²) in [5, 5.41) is 3.18. The van der Waals surface area contributed by atoms with Gasteiger partial charge in [0.25, 0.3) is 0 Å². The van der Waals surface area contributed by atoms with Crippen molar-refractivity contribution < 1.29 is 0 Å². The molecule has 0 fully saturated rings.